The van der Waals surface area contributed by atoms with Crippen LogP contribution in [0.3, 0.4) is 0 Å². The van der Waals surface area contributed by atoms with Crippen LogP contribution in [0, 0.1) is 5.41 Å². The van der Waals surface area contributed by atoms with Crippen molar-refractivity contribution >= 4 is 17.5 Å². The standard InChI is InChI=1S/C10H20ClNO/c1-5-10(3,4)9(13)12(6-2)8-7-11/h5-8H2,1-4H3. The number of carbonyl (C=O) groups excluding carboxylic acids is 1. The van der Waals surface area contributed by atoms with Gasteiger partial charge in [0.1, 0.15) is 0 Å². The maximum absolute atomic E-state index is 11.9. The van der Waals surface area contributed by atoms with E-state index in [2.05, 4.69) is 0 Å². The summed E-state index contributed by atoms with van der Waals surface area (Å²) in [6, 6.07) is 0. The van der Waals surface area contributed by atoms with Crippen LogP contribution in [0.2, 0.25) is 0 Å². The minimum absolute atomic E-state index is 0.207. The number of amides is 1. The topological polar surface area (TPSA) is 20.3 Å². The molecule has 0 aromatic carbocycles. The first-order valence-corrected chi connectivity index (χ1v) is 5.38. The molecule has 0 atom stereocenters. The fourth-order valence-corrected chi connectivity index (χ4v) is 1.29. The number of hydrogen-bond acceptors (Lipinski definition) is 1. The third-order valence-electron chi connectivity index (χ3n) is 2.49. The lowest BCUT2D eigenvalue weighted by Gasteiger charge is -2.29. The van der Waals surface area contributed by atoms with Crippen LogP contribution in [0.4, 0.5) is 0 Å². The normalized spacial score (nSPS) is 11.5. The van der Waals surface area contributed by atoms with Crippen molar-refractivity contribution in [1.29, 1.82) is 0 Å². The largest absolute Gasteiger partial charge is 0.341 e. The van der Waals surface area contributed by atoms with Crippen molar-refractivity contribution in [2.75, 3.05) is 19.0 Å². The Labute approximate surface area is 86.2 Å². The lowest BCUT2D eigenvalue weighted by Crippen LogP contribution is -2.41. The van der Waals surface area contributed by atoms with Crippen molar-refractivity contribution in [2.45, 2.75) is 34.1 Å². The summed E-state index contributed by atoms with van der Waals surface area (Å²) in [5.74, 6) is 0.720. The van der Waals surface area contributed by atoms with E-state index in [1.807, 2.05) is 32.6 Å². The molecule has 0 aliphatic carbocycles. The molecule has 1 amide bonds. The average molecular weight is 206 g/mol. The molecule has 0 N–H and O–H groups in total. The highest BCUT2D eigenvalue weighted by atomic mass is 35.5. The van der Waals surface area contributed by atoms with Gasteiger partial charge in [0.25, 0.3) is 0 Å². The van der Waals surface area contributed by atoms with Crippen molar-refractivity contribution in [3.8, 4) is 0 Å². The van der Waals surface area contributed by atoms with Crippen LogP contribution in [0.15, 0.2) is 0 Å². The fraction of sp³-hybridized carbons (Fsp3) is 0.900. The predicted molar refractivity (Wildman–Crippen MR) is 57.0 cm³/mol. The fourth-order valence-electron chi connectivity index (χ4n) is 1.08. The quantitative estimate of drug-likeness (QED) is 0.632. The van der Waals surface area contributed by atoms with Crippen LogP contribution in [-0.4, -0.2) is 29.8 Å². The van der Waals surface area contributed by atoms with E-state index in [-0.39, 0.29) is 11.3 Å². The summed E-state index contributed by atoms with van der Waals surface area (Å²) in [5, 5.41) is 0. The maximum Gasteiger partial charge on any atom is 0.228 e. The third-order valence-corrected chi connectivity index (χ3v) is 2.66. The Bertz CT molecular complexity index is 168. The highest BCUT2D eigenvalue weighted by Crippen LogP contribution is 2.22. The molecule has 0 unspecified atom stereocenters. The van der Waals surface area contributed by atoms with Gasteiger partial charge in [0.2, 0.25) is 5.91 Å². The highest BCUT2D eigenvalue weighted by Gasteiger charge is 2.28. The number of hydrogen-bond donors (Lipinski definition) is 0. The van der Waals surface area contributed by atoms with Gasteiger partial charge >= 0.3 is 0 Å². The van der Waals surface area contributed by atoms with Gasteiger partial charge in [0.05, 0.1) is 0 Å². The number of alkyl halides is 1. The number of rotatable bonds is 5. The lowest BCUT2D eigenvalue weighted by atomic mass is 9.88. The molecular weight excluding hydrogens is 186 g/mol. The highest BCUT2D eigenvalue weighted by molar-refractivity contribution is 6.18. The number of nitrogens with zero attached hydrogens (tertiary/aromatic N) is 1. The monoisotopic (exact) mass is 205 g/mol. The molecule has 0 aromatic heterocycles. The molecular formula is C10H20ClNO. The average Bonchev–Trinajstić information content (AvgIpc) is 2.13. The molecule has 0 aliphatic heterocycles. The van der Waals surface area contributed by atoms with E-state index in [0.717, 1.165) is 13.0 Å². The van der Waals surface area contributed by atoms with E-state index >= 15 is 0 Å². The Morgan fingerprint density at radius 1 is 1.38 bits per heavy atom. The van der Waals surface area contributed by atoms with Gasteiger partial charge in [-0.25, -0.2) is 0 Å². The van der Waals surface area contributed by atoms with Crippen LogP contribution in [0.5, 0.6) is 0 Å². The molecule has 13 heavy (non-hydrogen) atoms. The minimum Gasteiger partial charge on any atom is -0.341 e. The smallest absolute Gasteiger partial charge is 0.228 e. The van der Waals surface area contributed by atoms with E-state index in [1.165, 1.54) is 0 Å². The van der Waals surface area contributed by atoms with Gasteiger partial charge in [-0.3, -0.25) is 4.79 Å². The van der Waals surface area contributed by atoms with Gasteiger partial charge in [0, 0.05) is 24.4 Å². The Morgan fingerprint density at radius 3 is 2.23 bits per heavy atom. The Hall–Kier alpha value is -0.240. The summed E-state index contributed by atoms with van der Waals surface area (Å²) >= 11 is 5.62. The third kappa shape index (κ3) is 3.55. The molecule has 2 nitrogen and oxygen atoms in total. The molecule has 0 fully saturated rings. The van der Waals surface area contributed by atoms with Gasteiger partial charge < -0.3 is 4.90 Å². The van der Waals surface area contributed by atoms with Crippen molar-refractivity contribution in [3.05, 3.63) is 0 Å². The zero-order valence-electron chi connectivity index (χ0n) is 9.06. The lowest BCUT2D eigenvalue weighted by molar-refractivity contribution is -0.140. The van der Waals surface area contributed by atoms with Crippen LogP contribution >= 0.6 is 11.6 Å². The minimum atomic E-state index is -0.248. The number of carbonyl (C=O) groups is 1. The van der Waals surface area contributed by atoms with Crippen LogP contribution < -0.4 is 0 Å². The summed E-state index contributed by atoms with van der Waals surface area (Å²) in [6.07, 6.45) is 0.866. The Kier molecular flexibility index (Phi) is 5.38. The van der Waals surface area contributed by atoms with Crippen LogP contribution in [-0.2, 0) is 4.79 Å². The molecule has 0 heterocycles. The molecule has 0 aromatic rings. The van der Waals surface area contributed by atoms with Gasteiger partial charge in [-0.2, -0.15) is 0 Å². The van der Waals surface area contributed by atoms with Crippen molar-refractivity contribution in [3.63, 3.8) is 0 Å². The predicted octanol–water partition coefficient (Wildman–Crippen LogP) is 2.51. The van der Waals surface area contributed by atoms with Crippen LogP contribution in [0.1, 0.15) is 34.1 Å². The van der Waals surface area contributed by atoms with Gasteiger partial charge in [0.15, 0.2) is 0 Å². The van der Waals surface area contributed by atoms with Gasteiger partial charge in [-0.05, 0) is 13.3 Å². The maximum atomic E-state index is 11.9. The van der Waals surface area contributed by atoms with Crippen molar-refractivity contribution < 1.29 is 4.79 Å². The second-order valence-corrected chi connectivity index (χ2v) is 4.19. The van der Waals surface area contributed by atoms with Crippen molar-refractivity contribution in [2.24, 2.45) is 5.41 Å². The van der Waals surface area contributed by atoms with Crippen LogP contribution in [0.25, 0.3) is 0 Å². The molecule has 0 radical (unpaired) electrons. The first kappa shape index (κ1) is 12.8. The molecule has 0 bridgehead atoms. The molecule has 0 spiro atoms. The molecule has 0 saturated heterocycles. The molecule has 78 valence electrons. The SMILES string of the molecule is CCN(CCCl)C(=O)C(C)(C)CC. The zero-order valence-corrected chi connectivity index (χ0v) is 9.82. The second kappa shape index (κ2) is 5.48. The molecule has 3 heteroatoms. The molecule has 0 saturated carbocycles. The van der Waals surface area contributed by atoms with Gasteiger partial charge in [-0.15, -0.1) is 11.6 Å². The summed E-state index contributed by atoms with van der Waals surface area (Å²) in [7, 11) is 0. The Balaban J connectivity index is 4.36. The summed E-state index contributed by atoms with van der Waals surface area (Å²) in [6.45, 7) is 9.37. The Morgan fingerprint density at radius 2 is 1.92 bits per heavy atom. The first-order chi connectivity index (χ1) is 5.99. The summed E-state index contributed by atoms with van der Waals surface area (Å²) in [4.78, 5) is 13.7. The summed E-state index contributed by atoms with van der Waals surface area (Å²) in [5.41, 5.74) is -0.248. The zero-order chi connectivity index (χ0) is 10.5. The van der Waals surface area contributed by atoms with E-state index in [9.17, 15) is 4.79 Å². The van der Waals surface area contributed by atoms with Gasteiger partial charge in [-0.1, -0.05) is 20.8 Å². The van der Waals surface area contributed by atoms with E-state index in [1.54, 1.807) is 0 Å². The molecule has 0 rings (SSSR count). The summed E-state index contributed by atoms with van der Waals surface area (Å²) < 4.78 is 0. The molecule has 0 aliphatic rings. The number of halogens is 1. The second-order valence-electron chi connectivity index (χ2n) is 3.81. The first-order valence-electron chi connectivity index (χ1n) is 4.85. The van der Waals surface area contributed by atoms with E-state index < -0.39 is 0 Å². The van der Waals surface area contributed by atoms with E-state index in [4.69, 9.17) is 11.6 Å². The van der Waals surface area contributed by atoms with E-state index in [0.29, 0.717) is 12.4 Å². The van der Waals surface area contributed by atoms with Crippen molar-refractivity contribution in [1.82, 2.24) is 4.90 Å².